The maximum Gasteiger partial charge on any atom is 0.335 e. The number of carboxylic acids is 1. The minimum atomic E-state index is -0.960. The van der Waals surface area contributed by atoms with Crippen LogP contribution in [0.3, 0.4) is 0 Å². The minimum absolute atomic E-state index is 0.0931. The van der Waals surface area contributed by atoms with Crippen molar-refractivity contribution in [2.24, 2.45) is 0 Å². The van der Waals surface area contributed by atoms with E-state index in [0.717, 1.165) is 23.1 Å². The lowest BCUT2D eigenvalue weighted by atomic mass is 9.97. The van der Waals surface area contributed by atoms with Crippen LogP contribution in [0.5, 0.6) is 0 Å². The number of carbonyl (C=O) groups is 2. The van der Waals surface area contributed by atoms with Crippen LogP contribution in [0.1, 0.15) is 33.2 Å². The third kappa shape index (κ3) is 3.31. The fourth-order valence-corrected chi connectivity index (χ4v) is 2.90. The molecule has 1 heterocycles. The SMILES string of the molecule is CN(Cc1ccc(C(=O)O)cc1)C(=O)[C@H]1OCCc2ccccc21. The predicted molar refractivity (Wildman–Crippen MR) is 88.7 cm³/mol. The van der Waals surface area contributed by atoms with Crippen molar-refractivity contribution >= 4 is 11.9 Å². The van der Waals surface area contributed by atoms with Gasteiger partial charge in [0.25, 0.3) is 5.91 Å². The molecule has 2 aromatic rings. The van der Waals surface area contributed by atoms with Crippen molar-refractivity contribution in [1.29, 1.82) is 0 Å². The average Bonchev–Trinajstić information content (AvgIpc) is 2.61. The molecule has 1 amide bonds. The van der Waals surface area contributed by atoms with Gasteiger partial charge >= 0.3 is 5.97 Å². The third-order valence-electron chi connectivity index (χ3n) is 4.21. The number of benzene rings is 2. The van der Waals surface area contributed by atoms with Gasteiger partial charge in [-0.3, -0.25) is 4.79 Å². The van der Waals surface area contributed by atoms with Gasteiger partial charge in [-0.1, -0.05) is 36.4 Å². The number of hydrogen-bond acceptors (Lipinski definition) is 3. The monoisotopic (exact) mass is 325 g/mol. The summed E-state index contributed by atoms with van der Waals surface area (Å²) in [5, 5.41) is 8.93. The van der Waals surface area contributed by atoms with Crippen LogP contribution in [0.15, 0.2) is 48.5 Å². The Bertz CT molecular complexity index is 754. The Hall–Kier alpha value is -2.66. The number of carbonyl (C=O) groups excluding carboxylic acids is 1. The van der Waals surface area contributed by atoms with Crippen LogP contribution in [-0.4, -0.2) is 35.5 Å². The Kier molecular flexibility index (Phi) is 4.62. The van der Waals surface area contributed by atoms with E-state index in [4.69, 9.17) is 9.84 Å². The fraction of sp³-hybridized carbons (Fsp3) is 0.263. The van der Waals surface area contributed by atoms with E-state index in [1.54, 1.807) is 36.2 Å². The molecule has 1 N–H and O–H groups in total. The van der Waals surface area contributed by atoms with Crippen LogP contribution in [0.25, 0.3) is 0 Å². The topological polar surface area (TPSA) is 66.8 Å². The molecule has 1 aliphatic rings. The molecule has 1 atom stereocenters. The molecule has 0 bridgehead atoms. The molecule has 0 saturated carbocycles. The standard InChI is InChI=1S/C19H19NO4/c1-20(12-13-6-8-15(9-7-13)19(22)23)18(21)17-16-5-3-2-4-14(16)10-11-24-17/h2-9,17H,10-12H2,1H3,(H,22,23)/t17-/m0/s1. The van der Waals surface area contributed by atoms with Crippen molar-refractivity contribution in [2.75, 3.05) is 13.7 Å². The Morgan fingerprint density at radius 2 is 1.88 bits per heavy atom. The molecule has 2 aromatic carbocycles. The first-order chi connectivity index (χ1) is 11.6. The van der Waals surface area contributed by atoms with Crippen molar-refractivity contribution in [3.8, 4) is 0 Å². The number of nitrogens with zero attached hydrogens (tertiary/aromatic N) is 1. The Balaban J connectivity index is 1.72. The predicted octanol–water partition coefficient (Wildman–Crippen LogP) is 2.66. The number of ether oxygens (including phenoxy) is 1. The summed E-state index contributed by atoms with van der Waals surface area (Å²) in [4.78, 5) is 25.2. The molecule has 1 aliphatic heterocycles. The van der Waals surface area contributed by atoms with E-state index >= 15 is 0 Å². The van der Waals surface area contributed by atoms with Crippen LogP contribution in [0.4, 0.5) is 0 Å². The first kappa shape index (κ1) is 16.2. The number of aromatic carboxylic acids is 1. The van der Waals surface area contributed by atoms with Gasteiger partial charge in [-0.25, -0.2) is 4.79 Å². The molecule has 124 valence electrons. The third-order valence-corrected chi connectivity index (χ3v) is 4.21. The molecule has 0 radical (unpaired) electrons. The molecular formula is C19H19NO4. The van der Waals surface area contributed by atoms with Crippen LogP contribution < -0.4 is 0 Å². The zero-order valence-corrected chi connectivity index (χ0v) is 13.4. The minimum Gasteiger partial charge on any atom is -0.478 e. The van der Waals surface area contributed by atoms with Crippen molar-refractivity contribution in [2.45, 2.75) is 19.1 Å². The highest BCUT2D eigenvalue weighted by Crippen LogP contribution is 2.28. The van der Waals surface area contributed by atoms with E-state index in [9.17, 15) is 9.59 Å². The summed E-state index contributed by atoms with van der Waals surface area (Å²) in [7, 11) is 1.73. The van der Waals surface area contributed by atoms with E-state index in [2.05, 4.69) is 0 Å². The summed E-state index contributed by atoms with van der Waals surface area (Å²) in [6, 6.07) is 14.4. The van der Waals surface area contributed by atoms with Crippen LogP contribution in [0.2, 0.25) is 0 Å². The Morgan fingerprint density at radius 1 is 1.17 bits per heavy atom. The second-order valence-corrected chi connectivity index (χ2v) is 5.90. The van der Waals surface area contributed by atoms with Crippen molar-refractivity contribution in [3.63, 3.8) is 0 Å². The van der Waals surface area contributed by atoms with Crippen molar-refractivity contribution in [1.82, 2.24) is 4.90 Å². The van der Waals surface area contributed by atoms with E-state index in [1.165, 1.54) is 0 Å². The molecule has 0 unspecified atom stereocenters. The van der Waals surface area contributed by atoms with Crippen molar-refractivity contribution < 1.29 is 19.4 Å². The van der Waals surface area contributed by atoms with Crippen LogP contribution >= 0.6 is 0 Å². The quantitative estimate of drug-likeness (QED) is 0.938. The van der Waals surface area contributed by atoms with Crippen LogP contribution in [-0.2, 0) is 22.5 Å². The number of amides is 1. The van der Waals surface area contributed by atoms with Gasteiger partial charge in [0.15, 0.2) is 6.10 Å². The second-order valence-electron chi connectivity index (χ2n) is 5.90. The molecular weight excluding hydrogens is 306 g/mol. The fourth-order valence-electron chi connectivity index (χ4n) is 2.90. The zero-order valence-electron chi connectivity index (χ0n) is 13.4. The Morgan fingerprint density at radius 3 is 2.58 bits per heavy atom. The number of carboxylic acid groups (broad SMARTS) is 1. The summed E-state index contributed by atoms with van der Waals surface area (Å²) in [5.41, 5.74) is 3.19. The first-order valence-electron chi connectivity index (χ1n) is 7.83. The summed E-state index contributed by atoms with van der Waals surface area (Å²) < 4.78 is 5.71. The molecule has 0 fully saturated rings. The van der Waals surface area contributed by atoms with Gasteiger partial charge in [0.05, 0.1) is 12.2 Å². The number of rotatable bonds is 4. The largest absolute Gasteiger partial charge is 0.478 e. The van der Waals surface area contributed by atoms with Crippen molar-refractivity contribution in [3.05, 3.63) is 70.8 Å². The molecule has 3 rings (SSSR count). The molecule has 0 aliphatic carbocycles. The second kappa shape index (κ2) is 6.84. The number of likely N-dealkylation sites (N-methyl/N-ethyl adjacent to an activating group) is 1. The average molecular weight is 325 g/mol. The number of hydrogen-bond donors (Lipinski definition) is 1. The van der Waals surface area contributed by atoms with Gasteiger partial charge in [0.1, 0.15) is 0 Å². The highest BCUT2D eigenvalue weighted by Gasteiger charge is 2.29. The molecule has 0 saturated heterocycles. The molecule has 5 heteroatoms. The lowest BCUT2D eigenvalue weighted by Crippen LogP contribution is -2.35. The lowest BCUT2D eigenvalue weighted by molar-refractivity contribution is -0.144. The Labute approximate surface area is 140 Å². The summed E-state index contributed by atoms with van der Waals surface area (Å²) in [6.45, 7) is 0.940. The van der Waals surface area contributed by atoms with Gasteiger partial charge in [-0.05, 0) is 35.2 Å². The highest BCUT2D eigenvalue weighted by molar-refractivity contribution is 5.87. The lowest BCUT2D eigenvalue weighted by Gasteiger charge is -2.29. The zero-order chi connectivity index (χ0) is 17.1. The summed E-state index contributed by atoms with van der Waals surface area (Å²) in [5.74, 6) is -1.05. The van der Waals surface area contributed by atoms with E-state index in [-0.39, 0.29) is 11.5 Å². The smallest absolute Gasteiger partial charge is 0.335 e. The molecule has 0 spiro atoms. The van der Waals surface area contributed by atoms with E-state index in [1.807, 2.05) is 24.3 Å². The first-order valence-corrected chi connectivity index (χ1v) is 7.83. The summed E-state index contributed by atoms with van der Waals surface area (Å²) >= 11 is 0. The maximum absolute atomic E-state index is 12.7. The van der Waals surface area contributed by atoms with Crippen LogP contribution in [0, 0.1) is 0 Å². The van der Waals surface area contributed by atoms with Gasteiger partial charge in [0.2, 0.25) is 0 Å². The summed E-state index contributed by atoms with van der Waals surface area (Å²) in [6.07, 6.45) is 0.249. The number of fused-ring (bicyclic) bond motifs is 1. The van der Waals surface area contributed by atoms with Gasteiger partial charge in [0, 0.05) is 13.6 Å². The van der Waals surface area contributed by atoms with E-state index < -0.39 is 12.1 Å². The van der Waals surface area contributed by atoms with E-state index in [0.29, 0.717) is 13.2 Å². The molecule has 5 nitrogen and oxygen atoms in total. The highest BCUT2D eigenvalue weighted by atomic mass is 16.5. The van der Waals surface area contributed by atoms with Gasteiger partial charge in [-0.2, -0.15) is 0 Å². The van der Waals surface area contributed by atoms with Gasteiger partial charge in [-0.15, -0.1) is 0 Å². The normalized spacial score (nSPS) is 16.3. The van der Waals surface area contributed by atoms with Gasteiger partial charge < -0.3 is 14.7 Å². The molecule has 24 heavy (non-hydrogen) atoms. The maximum atomic E-state index is 12.7. The molecule has 0 aromatic heterocycles.